The van der Waals surface area contributed by atoms with Gasteiger partial charge in [-0.2, -0.15) is 13.2 Å². The van der Waals surface area contributed by atoms with Crippen molar-refractivity contribution in [3.05, 3.63) is 101 Å². The number of anilines is 1. The molecule has 2 heterocycles. The molecule has 2 aromatic carbocycles. The topological polar surface area (TPSA) is 37.6 Å². The lowest BCUT2D eigenvalue weighted by molar-refractivity contribution is -0.170. The molecule has 4 nitrogen and oxygen atoms in total. The Morgan fingerprint density at radius 3 is 2.02 bits per heavy atom. The third-order valence-corrected chi connectivity index (χ3v) is 8.72. The summed E-state index contributed by atoms with van der Waals surface area (Å²) >= 11 is 0. The quantitative estimate of drug-likeness (QED) is 0.0839. The Labute approximate surface area is 299 Å². The Balaban J connectivity index is 0.000000347. The van der Waals surface area contributed by atoms with Gasteiger partial charge < -0.3 is 4.90 Å². The average molecular weight is 700 g/mol. The molecular weight excluding hydrogens is 638 g/mol. The molecule has 0 saturated carbocycles. The van der Waals surface area contributed by atoms with E-state index in [-0.39, 0.29) is 18.0 Å². The first kappa shape index (κ1) is 44.3. The number of halogens is 4. The van der Waals surface area contributed by atoms with Crippen molar-refractivity contribution in [3.63, 3.8) is 0 Å². The summed E-state index contributed by atoms with van der Waals surface area (Å²) in [6.45, 7) is 20.2. The van der Waals surface area contributed by atoms with Gasteiger partial charge in [0.05, 0.1) is 11.6 Å². The number of fused-ring (bicyclic) bond motifs is 1. The number of carbonyl (C=O) groups is 1. The molecule has 1 unspecified atom stereocenters. The van der Waals surface area contributed by atoms with Crippen molar-refractivity contribution in [2.24, 2.45) is 5.92 Å². The van der Waals surface area contributed by atoms with E-state index in [1.807, 2.05) is 47.9 Å². The number of hydrogen-bond donors (Lipinski definition) is 0. The van der Waals surface area contributed by atoms with E-state index in [2.05, 4.69) is 68.8 Å². The van der Waals surface area contributed by atoms with Crippen LogP contribution in [0.25, 0.3) is 5.65 Å². The number of benzene rings is 2. The molecule has 0 aliphatic heterocycles. The Morgan fingerprint density at radius 2 is 1.52 bits per heavy atom. The average Bonchev–Trinajstić information content (AvgIpc) is 3.43. The Morgan fingerprint density at radius 1 is 0.860 bits per heavy atom. The van der Waals surface area contributed by atoms with E-state index in [0.717, 1.165) is 35.3 Å². The zero-order chi connectivity index (χ0) is 37.9. The van der Waals surface area contributed by atoms with E-state index in [1.54, 1.807) is 19.9 Å². The third kappa shape index (κ3) is 15.5. The number of Topliss-reactive ketones (excluding diaryl/α,β-unsaturated/α-hetero) is 1. The Kier molecular flexibility index (Phi) is 20.3. The molecule has 50 heavy (non-hydrogen) atoms. The van der Waals surface area contributed by atoms with Gasteiger partial charge in [0.2, 0.25) is 0 Å². The molecular formula is C42H61F4N3O. The van der Waals surface area contributed by atoms with Gasteiger partial charge in [0.15, 0.2) is 5.78 Å². The molecule has 2 aromatic heterocycles. The number of ketones is 1. The van der Waals surface area contributed by atoms with Gasteiger partial charge in [0.1, 0.15) is 17.2 Å². The maximum Gasteiger partial charge on any atom is 0.391 e. The lowest BCUT2D eigenvalue weighted by Gasteiger charge is -2.31. The van der Waals surface area contributed by atoms with Crippen LogP contribution in [0, 0.1) is 32.5 Å². The molecule has 0 saturated heterocycles. The lowest BCUT2D eigenvalue weighted by atomic mass is 10.1. The molecule has 0 spiro atoms. The number of unbranched alkanes of at least 4 members (excludes halogenated alkanes) is 3. The van der Waals surface area contributed by atoms with Crippen molar-refractivity contribution in [1.29, 1.82) is 0 Å². The van der Waals surface area contributed by atoms with Gasteiger partial charge in [-0.25, -0.2) is 9.37 Å². The number of pyridine rings is 1. The molecule has 0 aliphatic rings. The van der Waals surface area contributed by atoms with Gasteiger partial charge in [0, 0.05) is 31.4 Å². The highest BCUT2D eigenvalue weighted by atomic mass is 19.4. The highest BCUT2D eigenvalue weighted by Gasteiger charge is 2.34. The first-order valence-corrected chi connectivity index (χ1v) is 18.2. The molecule has 0 N–H and O–H groups in total. The minimum Gasteiger partial charge on any atom is -0.369 e. The van der Waals surface area contributed by atoms with Crippen molar-refractivity contribution in [1.82, 2.24) is 9.38 Å². The molecule has 4 aromatic rings. The number of aryl methyl sites for hydroxylation is 4. The van der Waals surface area contributed by atoms with Crippen LogP contribution in [0.3, 0.4) is 0 Å². The van der Waals surface area contributed by atoms with Crippen LogP contribution in [-0.4, -0.2) is 33.9 Å². The summed E-state index contributed by atoms with van der Waals surface area (Å²) in [5.41, 5.74) is 6.83. The molecule has 0 bridgehead atoms. The zero-order valence-electron chi connectivity index (χ0n) is 32.1. The highest BCUT2D eigenvalue weighted by molar-refractivity contribution is 5.94. The summed E-state index contributed by atoms with van der Waals surface area (Å²) in [4.78, 5) is 18.1. The minimum absolute atomic E-state index is 0.0520. The molecule has 0 amide bonds. The fourth-order valence-electron chi connectivity index (χ4n) is 5.12. The minimum atomic E-state index is -3.99. The number of rotatable bonds is 12. The second-order valence-corrected chi connectivity index (χ2v) is 13.1. The van der Waals surface area contributed by atoms with Crippen molar-refractivity contribution in [2.75, 3.05) is 11.4 Å². The fraction of sp³-hybridized carbons (Fsp3) is 0.524. The number of aromatic nitrogens is 2. The van der Waals surface area contributed by atoms with Crippen molar-refractivity contribution in [3.8, 4) is 0 Å². The van der Waals surface area contributed by atoms with Gasteiger partial charge in [-0.3, -0.25) is 9.20 Å². The van der Waals surface area contributed by atoms with Crippen LogP contribution in [0.2, 0.25) is 0 Å². The summed E-state index contributed by atoms with van der Waals surface area (Å²) in [6, 6.07) is 20.7. The largest absolute Gasteiger partial charge is 0.391 e. The normalized spacial score (nSPS) is 12.0. The number of carbonyl (C=O) groups excluding carboxylic acids is 1. The predicted molar refractivity (Wildman–Crippen MR) is 203 cm³/mol. The first-order chi connectivity index (χ1) is 23.6. The lowest BCUT2D eigenvalue weighted by Crippen LogP contribution is -2.33. The van der Waals surface area contributed by atoms with Gasteiger partial charge in [-0.05, 0) is 94.8 Å². The van der Waals surface area contributed by atoms with Crippen LogP contribution in [0.4, 0.5) is 23.2 Å². The highest BCUT2D eigenvalue weighted by Crippen LogP contribution is 2.27. The third-order valence-electron chi connectivity index (χ3n) is 8.72. The number of nitrogens with zero attached hydrogens (tertiary/aromatic N) is 3. The smallest absolute Gasteiger partial charge is 0.369 e. The van der Waals surface area contributed by atoms with Crippen LogP contribution >= 0.6 is 0 Å². The standard InChI is InChI=1S/C17H29N.C10H13F.C10H10N2O.C5H9F3/c1-5-7-8-9-14-18(16(4)6-2)17-12-10-15(3)11-13-17;1-3-4-9-6-5-8(2)10(11)7-9;1-7-10(8(2)13)12-6-4-3-5-9(12)11-7;1-3-4(2)5(6,7)8/h10-13,16H,5-9,14H2,1-4H3;5-7H,3-4H2,1-2H3;3-6H,1-2H3;4H,3H2,1-2H3/t16-;;;/m0.../s1. The molecule has 0 aliphatic carbocycles. The molecule has 4 rings (SSSR count). The summed E-state index contributed by atoms with van der Waals surface area (Å²) in [7, 11) is 0. The van der Waals surface area contributed by atoms with Crippen molar-refractivity contribution < 1.29 is 22.4 Å². The number of hydrogen-bond acceptors (Lipinski definition) is 3. The second kappa shape index (κ2) is 22.9. The second-order valence-electron chi connectivity index (χ2n) is 13.1. The summed E-state index contributed by atoms with van der Waals surface area (Å²) < 4.78 is 49.1. The van der Waals surface area contributed by atoms with E-state index in [9.17, 15) is 22.4 Å². The molecule has 278 valence electrons. The SMILES string of the molecule is CC(=O)c1c(C)nc2ccccn12.CCC(C)C(F)(F)F.CCCCCCN(c1ccc(C)cc1)[C@@H](C)CC.CCCc1ccc(C)c(F)c1. The monoisotopic (exact) mass is 699 g/mol. The van der Waals surface area contributed by atoms with E-state index >= 15 is 0 Å². The molecule has 0 fully saturated rings. The Bertz CT molecular complexity index is 1530. The number of imidazole rings is 1. The van der Waals surface area contributed by atoms with E-state index < -0.39 is 12.1 Å². The van der Waals surface area contributed by atoms with Crippen LogP contribution in [0.1, 0.15) is 126 Å². The first-order valence-electron chi connectivity index (χ1n) is 18.2. The van der Waals surface area contributed by atoms with Gasteiger partial charge in [0.25, 0.3) is 0 Å². The van der Waals surface area contributed by atoms with Gasteiger partial charge in [-0.15, -0.1) is 0 Å². The maximum atomic E-state index is 12.9. The maximum absolute atomic E-state index is 12.9. The van der Waals surface area contributed by atoms with Crippen LogP contribution in [0.15, 0.2) is 66.9 Å². The van der Waals surface area contributed by atoms with Crippen LogP contribution in [0.5, 0.6) is 0 Å². The van der Waals surface area contributed by atoms with Gasteiger partial charge in [-0.1, -0.05) is 96.2 Å². The summed E-state index contributed by atoms with van der Waals surface area (Å²) in [5, 5.41) is 0. The van der Waals surface area contributed by atoms with E-state index in [0.29, 0.717) is 11.7 Å². The molecule has 0 radical (unpaired) electrons. The molecule has 8 heteroatoms. The van der Waals surface area contributed by atoms with Gasteiger partial charge >= 0.3 is 6.18 Å². The van der Waals surface area contributed by atoms with Crippen LogP contribution < -0.4 is 4.90 Å². The van der Waals surface area contributed by atoms with Crippen molar-refractivity contribution >= 4 is 17.1 Å². The summed E-state index contributed by atoms with van der Waals surface area (Å²) in [5.74, 6) is -1.19. The van der Waals surface area contributed by atoms with Crippen LogP contribution in [-0.2, 0) is 6.42 Å². The Hall–Kier alpha value is -3.68. The predicted octanol–water partition coefficient (Wildman–Crippen LogP) is 12.7. The summed E-state index contributed by atoms with van der Waals surface area (Å²) in [6.07, 6.45) is 6.63. The zero-order valence-corrected chi connectivity index (χ0v) is 32.1. The van der Waals surface area contributed by atoms with E-state index in [1.165, 1.54) is 63.7 Å². The van der Waals surface area contributed by atoms with Crippen molar-refractivity contribution in [2.45, 2.75) is 133 Å². The van der Waals surface area contributed by atoms with E-state index in [4.69, 9.17) is 0 Å². The molecule has 2 atom stereocenters. The number of alkyl halides is 3. The fourth-order valence-corrected chi connectivity index (χ4v) is 5.12.